The number of rotatable bonds is 1. The van der Waals surface area contributed by atoms with Crippen molar-refractivity contribution in [1.82, 2.24) is 14.7 Å². The van der Waals surface area contributed by atoms with Gasteiger partial charge in [-0.05, 0) is 31.4 Å². The van der Waals surface area contributed by atoms with Crippen molar-refractivity contribution in [3.8, 4) is 0 Å². The van der Waals surface area contributed by atoms with E-state index in [1.807, 2.05) is 24.3 Å². The van der Waals surface area contributed by atoms with E-state index in [1.54, 1.807) is 30.8 Å². The van der Waals surface area contributed by atoms with E-state index in [9.17, 15) is 9.59 Å². The molecule has 2 amide bonds. The van der Waals surface area contributed by atoms with Crippen LogP contribution in [0, 0.1) is 6.92 Å². The number of para-hydroxylation sites is 1. The van der Waals surface area contributed by atoms with Gasteiger partial charge in [0.25, 0.3) is 5.91 Å². The van der Waals surface area contributed by atoms with Crippen molar-refractivity contribution in [3.05, 3.63) is 46.2 Å². The third kappa shape index (κ3) is 2.21. The minimum absolute atomic E-state index is 0.0588. The first-order valence-electron chi connectivity index (χ1n) is 8.73. The zero-order chi connectivity index (χ0) is 18.6. The first kappa shape index (κ1) is 17.1. The van der Waals surface area contributed by atoms with Crippen molar-refractivity contribution in [2.24, 2.45) is 7.05 Å². The quantitative estimate of drug-likeness (QED) is 0.773. The van der Waals surface area contributed by atoms with Crippen LogP contribution in [-0.4, -0.2) is 46.6 Å². The molecular weight excluding hydrogens is 352 g/mol. The summed E-state index contributed by atoms with van der Waals surface area (Å²) in [5, 5.41) is 4.62. The number of likely N-dealkylation sites (tertiary alicyclic amines) is 1. The van der Waals surface area contributed by atoms with Gasteiger partial charge in [-0.25, -0.2) is 0 Å². The number of nitrogens with zero attached hydrogens (tertiary/aromatic N) is 4. The van der Waals surface area contributed by atoms with Gasteiger partial charge in [0, 0.05) is 32.9 Å². The highest BCUT2D eigenvalue weighted by molar-refractivity contribution is 6.34. The maximum Gasteiger partial charge on any atom is 0.273 e. The summed E-state index contributed by atoms with van der Waals surface area (Å²) in [4.78, 5) is 29.7. The summed E-state index contributed by atoms with van der Waals surface area (Å²) >= 11 is 6.31. The average Bonchev–Trinajstić information content (AvgIpc) is 3.01. The van der Waals surface area contributed by atoms with E-state index in [1.165, 1.54) is 4.68 Å². The molecule has 2 aliphatic heterocycles. The molecule has 3 heterocycles. The van der Waals surface area contributed by atoms with E-state index in [4.69, 9.17) is 11.6 Å². The van der Waals surface area contributed by atoms with Crippen LogP contribution in [0.3, 0.4) is 0 Å². The lowest BCUT2D eigenvalue weighted by atomic mass is 9.75. The number of hydrogen-bond acceptors (Lipinski definition) is 3. The van der Waals surface area contributed by atoms with Crippen molar-refractivity contribution in [3.63, 3.8) is 0 Å². The summed E-state index contributed by atoms with van der Waals surface area (Å²) in [5.74, 6) is -0.111. The Bertz CT molecular complexity index is 922. The first-order chi connectivity index (χ1) is 12.4. The number of likely N-dealkylation sites (N-methyl/N-ethyl adjacent to an activating group) is 1. The number of anilines is 1. The topological polar surface area (TPSA) is 58.4 Å². The fourth-order valence-corrected chi connectivity index (χ4v) is 4.60. The molecule has 0 radical (unpaired) electrons. The number of hydrogen-bond donors (Lipinski definition) is 0. The lowest BCUT2D eigenvalue weighted by Crippen LogP contribution is -2.53. The maximum atomic E-state index is 13.2. The Kier molecular flexibility index (Phi) is 3.84. The van der Waals surface area contributed by atoms with Crippen molar-refractivity contribution in [2.75, 3.05) is 25.0 Å². The molecule has 0 aliphatic carbocycles. The van der Waals surface area contributed by atoms with E-state index in [0.29, 0.717) is 29.5 Å². The summed E-state index contributed by atoms with van der Waals surface area (Å²) in [5.41, 5.74) is 2.29. The molecule has 1 aromatic heterocycles. The van der Waals surface area contributed by atoms with Gasteiger partial charge in [0.2, 0.25) is 5.91 Å². The molecule has 1 spiro atoms. The number of halogens is 1. The van der Waals surface area contributed by atoms with E-state index in [0.717, 1.165) is 24.1 Å². The Hall–Kier alpha value is -2.34. The van der Waals surface area contributed by atoms with Gasteiger partial charge in [0.15, 0.2) is 0 Å². The number of aromatic nitrogens is 2. The van der Waals surface area contributed by atoms with Crippen molar-refractivity contribution in [2.45, 2.75) is 25.2 Å². The first-order valence-corrected chi connectivity index (χ1v) is 9.10. The predicted octanol–water partition coefficient (Wildman–Crippen LogP) is 2.53. The van der Waals surface area contributed by atoms with Gasteiger partial charge in [-0.15, -0.1) is 0 Å². The molecule has 1 saturated heterocycles. The highest BCUT2D eigenvalue weighted by Gasteiger charge is 2.52. The summed E-state index contributed by atoms with van der Waals surface area (Å²) < 4.78 is 1.53. The summed E-state index contributed by atoms with van der Waals surface area (Å²) in [6.45, 7) is 2.76. The molecule has 0 bridgehead atoms. The third-order valence-corrected chi connectivity index (χ3v) is 6.08. The zero-order valence-corrected chi connectivity index (χ0v) is 15.9. The Morgan fingerprint density at radius 1 is 1.27 bits per heavy atom. The summed E-state index contributed by atoms with van der Waals surface area (Å²) in [6.07, 6.45) is 1.52. The molecule has 136 valence electrons. The number of fused-ring (bicyclic) bond motifs is 2. The minimum Gasteiger partial charge on any atom is -0.336 e. The number of carbonyl (C=O) groups is 2. The molecule has 0 N–H and O–H groups in total. The normalized spacial score (nSPS) is 22.2. The summed E-state index contributed by atoms with van der Waals surface area (Å²) in [6, 6.07) is 7.86. The lowest BCUT2D eigenvalue weighted by Gasteiger charge is -2.39. The van der Waals surface area contributed by atoms with Gasteiger partial charge in [-0.3, -0.25) is 14.3 Å². The van der Waals surface area contributed by atoms with Crippen LogP contribution in [-0.2, 0) is 17.3 Å². The molecule has 1 fully saturated rings. The Morgan fingerprint density at radius 2 is 2.00 bits per heavy atom. The Labute approximate surface area is 157 Å². The van der Waals surface area contributed by atoms with E-state index < -0.39 is 5.41 Å². The maximum absolute atomic E-state index is 13.2. The fraction of sp³-hybridized carbons (Fsp3) is 0.421. The highest BCUT2D eigenvalue weighted by Crippen LogP contribution is 2.46. The Balaban J connectivity index is 1.73. The Morgan fingerprint density at radius 3 is 2.69 bits per heavy atom. The number of carbonyl (C=O) groups excluding carboxylic acids is 2. The SMILES string of the molecule is Cc1nn(C)c(C(=O)N2CCC[C@@]3(C2)C(=O)N(C)c2ccccc23)c1Cl. The highest BCUT2D eigenvalue weighted by atomic mass is 35.5. The second kappa shape index (κ2) is 5.84. The second-order valence-corrected chi connectivity index (χ2v) is 7.54. The number of aryl methyl sites for hydroxylation is 2. The van der Waals surface area contributed by atoms with Gasteiger partial charge in [-0.1, -0.05) is 29.8 Å². The van der Waals surface area contributed by atoms with Crippen molar-refractivity contribution in [1.29, 1.82) is 0 Å². The molecule has 0 unspecified atom stereocenters. The summed E-state index contributed by atoms with van der Waals surface area (Å²) in [7, 11) is 3.52. The molecule has 1 aromatic carbocycles. The molecule has 2 aromatic rings. The predicted molar refractivity (Wildman–Crippen MR) is 99.6 cm³/mol. The van der Waals surface area contributed by atoms with Gasteiger partial charge < -0.3 is 9.80 Å². The van der Waals surface area contributed by atoms with Crippen LogP contribution in [0.4, 0.5) is 5.69 Å². The van der Waals surface area contributed by atoms with Gasteiger partial charge in [0.1, 0.15) is 5.69 Å². The molecule has 0 saturated carbocycles. The minimum atomic E-state index is -0.667. The van der Waals surface area contributed by atoms with E-state index in [2.05, 4.69) is 5.10 Å². The van der Waals surface area contributed by atoms with Gasteiger partial charge in [-0.2, -0.15) is 5.10 Å². The monoisotopic (exact) mass is 372 g/mol. The van der Waals surface area contributed by atoms with Crippen LogP contribution >= 0.6 is 11.6 Å². The second-order valence-electron chi connectivity index (χ2n) is 7.17. The molecule has 1 atom stereocenters. The average molecular weight is 373 g/mol. The molecule has 26 heavy (non-hydrogen) atoms. The molecule has 6 nitrogen and oxygen atoms in total. The van der Waals surface area contributed by atoms with Crippen LogP contribution in [0.5, 0.6) is 0 Å². The van der Waals surface area contributed by atoms with Crippen LogP contribution in [0.15, 0.2) is 24.3 Å². The molecule has 4 rings (SSSR count). The number of piperidine rings is 1. The van der Waals surface area contributed by atoms with E-state index >= 15 is 0 Å². The van der Waals surface area contributed by atoms with Crippen molar-refractivity contribution >= 4 is 29.1 Å². The molecule has 7 heteroatoms. The smallest absolute Gasteiger partial charge is 0.273 e. The third-order valence-electron chi connectivity index (χ3n) is 5.63. The molecular formula is C19H21ClN4O2. The number of amides is 2. The van der Waals surface area contributed by atoms with Crippen LogP contribution in [0.2, 0.25) is 5.02 Å². The van der Waals surface area contributed by atoms with Gasteiger partial charge in [0.05, 0.1) is 16.1 Å². The zero-order valence-electron chi connectivity index (χ0n) is 15.1. The molecule has 2 aliphatic rings. The lowest BCUT2D eigenvalue weighted by molar-refractivity contribution is -0.124. The van der Waals surface area contributed by atoms with Crippen LogP contribution in [0.1, 0.15) is 34.6 Å². The van der Waals surface area contributed by atoms with E-state index in [-0.39, 0.29) is 11.8 Å². The van der Waals surface area contributed by atoms with Gasteiger partial charge >= 0.3 is 0 Å². The fourth-order valence-electron chi connectivity index (χ4n) is 4.35. The largest absolute Gasteiger partial charge is 0.336 e. The van der Waals surface area contributed by atoms with Crippen molar-refractivity contribution < 1.29 is 9.59 Å². The van der Waals surface area contributed by atoms with Crippen LogP contribution in [0.25, 0.3) is 0 Å². The number of benzene rings is 1. The standard InChI is InChI=1S/C19H21ClN4O2/c1-12-15(20)16(23(3)21-12)17(25)24-10-6-9-19(11-24)13-7-4-5-8-14(13)22(2)18(19)26/h4-5,7-8H,6,9-11H2,1-3H3/t19-/m0/s1. The van der Waals surface area contributed by atoms with Crippen LogP contribution < -0.4 is 4.90 Å².